The first-order valence-electron chi connectivity index (χ1n) is 5.56. The molecule has 1 aromatic rings. The molecule has 0 bridgehead atoms. The van der Waals surface area contributed by atoms with E-state index in [1.54, 1.807) is 11.3 Å². The van der Waals surface area contributed by atoms with Crippen LogP contribution in [0.5, 0.6) is 0 Å². The molecule has 1 saturated heterocycles. The van der Waals surface area contributed by atoms with Crippen molar-refractivity contribution in [3.63, 3.8) is 0 Å². The molecule has 2 rings (SSSR count). The van der Waals surface area contributed by atoms with Crippen molar-refractivity contribution in [1.29, 1.82) is 0 Å². The zero-order valence-electron chi connectivity index (χ0n) is 9.16. The zero-order valence-corrected chi connectivity index (χ0v) is 9.98. The smallest absolute Gasteiger partial charge is 0.0957 e. The maximum Gasteiger partial charge on any atom is 0.0957 e. The van der Waals surface area contributed by atoms with Crippen LogP contribution in [-0.2, 0) is 17.7 Å². The van der Waals surface area contributed by atoms with Gasteiger partial charge in [0.2, 0.25) is 0 Å². The van der Waals surface area contributed by atoms with Gasteiger partial charge < -0.3 is 10.5 Å². The fraction of sp³-hybridized carbons (Fsp3) is 0.727. The van der Waals surface area contributed by atoms with Crippen LogP contribution >= 0.6 is 11.3 Å². The van der Waals surface area contributed by atoms with E-state index in [1.807, 2.05) is 6.92 Å². The van der Waals surface area contributed by atoms with Crippen molar-refractivity contribution in [3.8, 4) is 0 Å². The molecule has 1 aromatic heterocycles. The molecule has 0 saturated carbocycles. The first-order valence-corrected chi connectivity index (χ1v) is 6.38. The molecule has 84 valence electrons. The van der Waals surface area contributed by atoms with Gasteiger partial charge in [0.25, 0.3) is 0 Å². The summed E-state index contributed by atoms with van der Waals surface area (Å²) in [5.74, 6) is 0. The minimum Gasteiger partial charge on any atom is -0.378 e. The predicted molar refractivity (Wildman–Crippen MR) is 62.0 cm³/mol. The second-order valence-electron chi connectivity index (χ2n) is 4.01. The second-order valence-corrected chi connectivity index (χ2v) is 5.18. The maximum atomic E-state index is 5.70. The second kappa shape index (κ2) is 5.05. The van der Waals surface area contributed by atoms with Crippen molar-refractivity contribution in [2.24, 2.45) is 5.73 Å². The molecule has 15 heavy (non-hydrogen) atoms. The Morgan fingerprint density at radius 1 is 1.53 bits per heavy atom. The predicted octanol–water partition coefficient (Wildman–Crippen LogP) is 2.02. The summed E-state index contributed by atoms with van der Waals surface area (Å²) in [5.41, 5.74) is 6.73. The fourth-order valence-electron chi connectivity index (χ4n) is 1.93. The van der Waals surface area contributed by atoms with Crippen LogP contribution < -0.4 is 5.73 Å². The van der Waals surface area contributed by atoms with E-state index in [1.165, 1.54) is 29.1 Å². The summed E-state index contributed by atoms with van der Waals surface area (Å²) >= 11 is 1.74. The van der Waals surface area contributed by atoms with E-state index < -0.39 is 0 Å². The largest absolute Gasteiger partial charge is 0.378 e. The Labute approximate surface area is 94.7 Å². The lowest BCUT2D eigenvalue weighted by molar-refractivity contribution is 0.0167. The lowest BCUT2D eigenvalue weighted by Gasteiger charge is -2.21. The first kappa shape index (κ1) is 11.0. The number of hydrogen-bond acceptors (Lipinski definition) is 4. The highest BCUT2D eigenvalue weighted by atomic mass is 32.1. The van der Waals surface area contributed by atoms with Crippen LogP contribution in [0.3, 0.4) is 0 Å². The van der Waals surface area contributed by atoms with Crippen molar-refractivity contribution in [1.82, 2.24) is 4.98 Å². The van der Waals surface area contributed by atoms with E-state index in [0.29, 0.717) is 12.6 Å². The summed E-state index contributed by atoms with van der Waals surface area (Å²) in [4.78, 5) is 5.74. The first-order chi connectivity index (χ1) is 7.29. The zero-order chi connectivity index (χ0) is 10.7. The highest BCUT2D eigenvalue weighted by molar-refractivity contribution is 7.11. The third-order valence-electron chi connectivity index (χ3n) is 2.80. The molecule has 1 fully saturated rings. The minimum absolute atomic E-state index is 0.384. The van der Waals surface area contributed by atoms with E-state index in [-0.39, 0.29) is 0 Å². The topological polar surface area (TPSA) is 48.1 Å². The molecule has 1 aliphatic rings. The number of thiazole rings is 1. The van der Waals surface area contributed by atoms with Gasteiger partial charge in [-0.15, -0.1) is 11.3 Å². The molecule has 2 N–H and O–H groups in total. The molecule has 0 amide bonds. The summed E-state index contributed by atoms with van der Waals surface area (Å²) in [7, 11) is 0. The van der Waals surface area contributed by atoms with Crippen LogP contribution in [0.2, 0.25) is 0 Å². The molecule has 4 heteroatoms. The minimum atomic E-state index is 0.384. The molecule has 0 radical (unpaired) electrons. The highest BCUT2D eigenvalue weighted by Gasteiger charge is 2.16. The van der Waals surface area contributed by atoms with Crippen LogP contribution in [0, 0.1) is 6.92 Å². The number of ether oxygens (including phenoxy) is 1. The van der Waals surface area contributed by atoms with E-state index in [4.69, 9.17) is 10.5 Å². The summed E-state index contributed by atoms with van der Waals surface area (Å²) in [6.07, 6.45) is 5.03. The van der Waals surface area contributed by atoms with Gasteiger partial charge in [0, 0.05) is 24.4 Å². The monoisotopic (exact) mass is 226 g/mol. The van der Waals surface area contributed by atoms with Gasteiger partial charge in [0.1, 0.15) is 0 Å². The Hall–Kier alpha value is -0.450. The summed E-state index contributed by atoms with van der Waals surface area (Å²) < 4.78 is 5.70. The molecule has 1 aliphatic heterocycles. The highest BCUT2D eigenvalue weighted by Crippen LogP contribution is 2.22. The van der Waals surface area contributed by atoms with Gasteiger partial charge in [-0.05, 0) is 26.2 Å². The third kappa shape index (κ3) is 2.77. The fourth-order valence-corrected chi connectivity index (χ4v) is 2.94. The molecular weight excluding hydrogens is 208 g/mol. The van der Waals surface area contributed by atoms with E-state index >= 15 is 0 Å². The molecule has 1 unspecified atom stereocenters. The van der Waals surface area contributed by atoms with Crippen molar-refractivity contribution in [2.45, 2.75) is 45.3 Å². The third-order valence-corrected chi connectivity index (χ3v) is 4.00. The van der Waals surface area contributed by atoms with Gasteiger partial charge in [-0.2, -0.15) is 0 Å². The lowest BCUT2D eigenvalue weighted by Crippen LogP contribution is -2.21. The molecular formula is C11H18N2OS. The van der Waals surface area contributed by atoms with Crippen LogP contribution in [0.4, 0.5) is 0 Å². The number of hydrogen-bond donors (Lipinski definition) is 1. The van der Waals surface area contributed by atoms with E-state index in [2.05, 4.69) is 4.98 Å². The van der Waals surface area contributed by atoms with Crippen molar-refractivity contribution < 1.29 is 4.74 Å². The normalized spacial score (nSPS) is 21.9. The van der Waals surface area contributed by atoms with Crippen LogP contribution in [0.15, 0.2) is 0 Å². The lowest BCUT2D eigenvalue weighted by atomic mass is 10.1. The van der Waals surface area contributed by atoms with Crippen molar-refractivity contribution in [3.05, 3.63) is 15.6 Å². The van der Waals surface area contributed by atoms with Crippen molar-refractivity contribution >= 4 is 11.3 Å². The number of rotatable bonds is 3. The van der Waals surface area contributed by atoms with Gasteiger partial charge in [-0.25, -0.2) is 4.98 Å². The Morgan fingerprint density at radius 2 is 2.40 bits per heavy atom. The SMILES string of the molecule is Cc1nc(CC2CCCCO2)sc1CN. The van der Waals surface area contributed by atoms with Gasteiger partial charge in [-0.1, -0.05) is 0 Å². The summed E-state index contributed by atoms with van der Waals surface area (Å²) in [6.45, 7) is 3.55. The molecule has 1 atom stereocenters. The number of nitrogens with zero attached hydrogens (tertiary/aromatic N) is 1. The Balaban J connectivity index is 1.97. The van der Waals surface area contributed by atoms with E-state index in [9.17, 15) is 0 Å². The Kier molecular flexibility index (Phi) is 3.72. The Bertz CT molecular complexity index is 318. The molecule has 0 aliphatic carbocycles. The number of aryl methyl sites for hydroxylation is 1. The molecule has 2 heterocycles. The van der Waals surface area contributed by atoms with Crippen LogP contribution in [-0.4, -0.2) is 17.7 Å². The van der Waals surface area contributed by atoms with E-state index in [0.717, 1.165) is 18.7 Å². The summed E-state index contributed by atoms with van der Waals surface area (Å²) in [6, 6.07) is 0. The van der Waals surface area contributed by atoms with Gasteiger partial charge in [0.15, 0.2) is 0 Å². The maximum absolute atomic E-state index is 5.70. The van der Waals surface area contributed by atoms with Gasteiger partial charge >= 0.3 is 0 Å². The Morgan fingerprint density at radius 3 is 3.00 bits per heavy atom. The number of nitrogens with two attached hydrogens (primary N) is 1. The van der Waals surface area contributed by atoms with Crippen molar-refractivity contribution in [2.75, 3.05) is 6.61 Å². The average molecular weight is 226 g/mol. The summed E-state index contributed by atoms with van der Waals surface area (Å²) in [5, 5.41) is 1.18. The molecule has 0 aromatic carbocycles. The quantitative estimate of drug-likeness (QED) is 0.857. The molecule has 0 spiro atoms. The average Bonchev–Trinajstić information content (AvgIpc) is 2.60. The van der Waals surface area contributed by atoms with Gasteiger partial charge in [0.05, 0.1) is 16.8 Å². The standard InChI is InChI=1S/C11H18N2OS/c1-8-10(7-12)15-11(13-8)6-9-4-2-3-5-14-9/h9H,2-7,12H2,1H3. The van der Waals surface area contributed by atoms with Gasteiger partial charge in [-0.3, -0.25) is 0 Å². The van der Waals surface area contributed by atoms with Crippen LogP contribution in [0.1, 0.15) is 34.8 Å². The molecule has 3 nitrogen and oxygen atoms in total. The van der Waals surface area contributed by atoms with Crippen LogP contribution in [0.25, 0.3) is 0 Å². The number of aromatic nitrogens is 1.